The quantitative estimate of drug-likeness (QED) is 0.670. The zero-order chi connectivity index (χ0) is 22.5. The summed E-state index contributed by atoms with van der Waals surface area (Å²) in [5.74, 6) is -1.39. The molecule has 3 rings (SSSR count). The standard InChI is InChI=1S/C23H22N4O4/c1-14(2)13-27-22(30)18-7-6-16(11-19(18)23(27)31)21(29)26-17-5-3-4-15(10-17)12-25-20(28)8-9-24/h3-7,10-11,14H,8,12-13H2,1-2H3,(H,25,28)(H,26,29). The molecule has 0 bridgehead atoms. The highest BCUT2D eigenvalue weighted by atomic mass is 16.2. The van der Waals surface area contributed by atoms with Crippen molar-refractivity contribution in [1.29, 1.82) is 5.26 Å². The number of hydrogen-bond acceptors (Lipinski definition) is 5. The zero-order valence-corrected chi connectivity index (χ0v) is 17.3. The molecular formula is C23H22N4O4. The number of rotatable bonds is 7. The predicted molar refractivity (Wildman–Crippen MR) is 113 cm³/mol. The van der Waals surface area contributed by atoms with Crippen LogP contribution in [0, 0.1) is 17.2 Å². The van der Waals surface area contributed by atoms with Gasteiger partial charge in [-0.25, -0.2) is 0 Å². The highest BCUT2D eigenvalue weighted by molar-refractivity contribution is 6.22. The fourth-order valence-electron chi connectivity index (χ4n) is 3.26. The first-order chi connectivity index (χ1) is 14.8. The summed E-state index contributed by atoms with van der Waals surface area (Å²) < 4.78 is 0. The topological polar surface area (TPSA) is 119 Å². The van der Waals surface area contributed by atoms with E-state index in [2.05, 4.69) is 10.6 Å². The molecule has 0 saturated carbocycles. The number of nitrogens with zero attached hydrogens (tertiary/aromatic N) is 2. The molecule has 2 aromatic rings. The molecule has 4 amide bonds. The molecular weight excluding hydrogens is 396 g/mol. The SMILES string of the molecule is CC(C)CN1C(=O)c2ccc(C(=O)Nc3cccc(CNC(=O)CC#N)c3)cc2C1=O. The maximum absolute atomic E-state index is 12.7. The Morgan fingerprint density at radius 2 is 1.81 bits per heavy atom. The van der Waals surface area contributed by atoms with Crippen LogP contribution in [0.4, 0.5) is 5.69 Å². The van der Waals surface area contributed by atoms with E-state index in [1.54, 1.807) is 30.3 Å². The Balaban J connectivity index is 1.72. The monoisotopic (exact) mass is 418 g/mol. The predicted octanol–water partition coefficient (Wildman–Crippen LogP) is 2.72. The molecule has 0 saturated heterocycles. The summed E-state index contributed by atoms with van der Waals surface area (Å²) in [6, 6.07) is 13.2. The number of amides is 4. The lowest BCUT2D eigenvalue weighted by Crippen LogP contribution is -2.33. The van der Waals surface area contributed by atoms with Crippen molar-refractivity contribution in [2.24, 2.45) is 5.92 Å². The first-order valence-corrected chi connectivity index (χ1v) is 9.84. The van der Waals surface area contributed by atoms with E-state index in [0.29, 0.717) is 17.8 Å². The van der Waals surface area contributed by atoms with Crippen molar-refractivity contribution >= 4 is 29.3 Å². The van der Waals surface area contributed by atoms with Crippen molar-refractivity contribution in [2.75, 3.05) is 11.9 Å². The summed E-state index contributed by atoms with van der Waals surface area (Å²) in [6.45, 7) is 4.40. The summed E-state index contributed by atoms with van der Waals surface area (Å²) in [5, 5.41) is 13.9. The number of nitrogens with one attached hydrogen (secondary N) is 2. The number of carbonyl (C=O) groups is 4. The molecule has 158 valence electrons. The summed E-state index contributed by atoms with van der Waals surface area (Å²) in [6.07, 6.45) is -0.218. The minimum absolute atomic E-state index is 0.141. The Bertz CT molecular complexity index is 1100. The molecule has 0 atom stereocenters. The van der Waals surface area contributed by atoms with Gasteiger partial charge in [0.15, 0.2) is 0 Å². The molecule has 0 fully saturated rings. The fraction of sp³-hybridized carbons (Fsp3) is 0.261. The highest BCUT2D eigenvalue weighted by Gasteiger charge is 2.36. The largest absolute Gasteiger partial charge is 0.351 e. The van der Waals surface area contributed by atoms with Crippen molar-refractivity contribution < 1.29 is 19.2 Å². The summed E-state index contributed by atoms with van der Waals surface area (Å²) >= 11 is 0. The highest BCUT2D eigenvalue weighted by Crippen LogP contribution is 2.25. The Hall–Kier alpha value is -3.99. The second-order valence-corrected chi connectivity index (χ2v) is 7.64. The van der Waals surface area contributed by atoms with Crippen molar-refractivity contribution in [3.05, 3.63) is 64.7 Å². The summed E-state index contributed by atoms with van der Waals surface area (Å²) in [4.78, 5) is 50.4. The van der Waals surface area contributed by atoms with Gasteiger partial charge in [-0.2, -0.15) is 5.26 Å². The van der Waals surface area contributed by atoms with Gasteiger partial charge in [0.05, 0.1) is 17.2 Å². The molecule has 31 heavy (non-hydrogen) atoms. The first-order valence-electron chi connectivity index (χ1n) is 9.84. The molecule has 0 unspecified atom stereocenters. The first kappa shape index (κ1) is 21.7. The van der Waals surface area contributed by atoms with Gasteiger partial charge in [0, 0.05) is 24.3 Å². The summed E-state index contributed by atoms with van der Waals surface area (Å²) in [7, 11) is 0. The molecule has 1 heterocycles. The van der Waals surface area contributed by atoms with E-state index in [9.17, 15) is 19.2 Å². The van der Waals surface area contributed by atoms with Crippen LogP contribution in [-0.2, 0) is 11.3 Å². The lowest BCUT2D eigenvalue weighted by molar-refractivity contribution is -0.120. The smallest absolute Gasteiger partial charge is 0.261 e. The second-order valence-electron chi connectivity index (χ2n) is 7.64. The third-order valence-electron chi connectivity index (χ3n) is 4.69. The van der Waals surface area contributed by atoms with Crippen LogP contribution in [0.1, 0.15) is 56.9 Å². The van der Waals surface area contributed by atoms with Gasteiger partial charge in [-0.3, -0.25) is 24.1 Å². The molecule has 8 nitrogen and oxygen atoms in total. The van der Waals surface area contributed by atoms with E-state index in [0.717, 1.165) is 5.56 Å². The van der Waals surface area contributed by atoms with Gasteiger partial charge in [0.25, 0.3) is 17.7 Å². The maximum Gasteiger partial charge on any atom is 0.261 e. The molecule has 0 aromatic heterocycles. The Kier molecular flexibility index (Phi) is 6.46. The lowest BCUT2D eigenvalue weighted by atomic mass is 10.1. The molecule has 0 spiro atoms. The summed E-state index contributed by atoms with van der Waals surface area (Å²) in [5.41, 5.74) is 2.06. The lowest BCUT2D eigenvalue weighted by Gasteiger charge is -2.15. The fourth-order valence-corrected chi connectivity index (χ4v) is 3.26. The molecule has 1 aliphatic rings. The van der Waals surface area contributed by atoms with Crippen LogP contribution in [-0.4, -0.2) is 35.1 Å². The number of hydrogen-bond donors (Lipinski definition) is 2. The van der Waals surface area contributed by atoms with Crippen LogP contribution in [0.5, 0.6) is 0 Å². The van der Waals surface area contributed by atoms with Crippen LogP contribution >= 0.6 is 0 Å². The van der Waals surface area contributed by atoms with Crippen molar-refractivity contribution in [1.82, 2.24) is 10.2 Å². The normalized spacial score (nSPS) is 12.5. The van der Waals surface area contributed by atoms with Crippen LogP contribution in [0.2, 0.25) is 0 Å². The van der Waals surface area contributed by atoms with Gasteiger partial charge >= 0.3 is 0 Å². The number of imide groups is 1. The Morgan fingerprint density at radius 1 is 1.06 bits per heavy atom. The minimum Gasteiger partial charge on any atom is -0.351 e. The molecule has 2 N–H and O–H groups in total. The van der Waals surface area contributed by atoms with E-state index >= 15 is 0 Å². The number of carbonyl (C=O) groups excluding carboxylic acids is 4. The molecule has 2 aromatic carbocycles. The van der Waals surface area contributed by atoms with Crippen LogP contribution in [0.15, 0.2) is 42.5 Å². The van der Waals surface area contributed by atoms with Crippen LogP contribution < -0.4 is 10.6 Å². The van der Waals surface area contributed by atoms with Crippen LogP contribution in [0.3, 0.4) is 0 Å². The number of fused-ring (bicyclic) bond motifs is 1. The number of nitriles is 1. The van der Waals surface area contributed by atoms with Gasteiger partial charge in [-0.15, -0.1) is 0 Å². The van der Waals surface area contributed by atoms with Gasteiger partial charge in [-0.1, -0.05) is 26.0 Å². The minimum atomic E-state index is -0.420. The van der Waals surface area contributed by atoms with Gasteiger partial charge in [-0.05, 0) is 41.8 Å². The third-order valence-corrected chi connectivity index (χ3v) is 4.69. The average molecular weight is 418 g/mol. The Morgan fingerprint density at radius 3 is 2.52 bits per heavy atom. The Labute approximate surface area is 179 Å². The van der Waals surface area contributed by atoms with Crippen LogP contribution in [0.25, 0.3) is 0 Å². The average Bonchev–Trinajstić information content (AvgIpc) is 2.97. The zero-order valence-electron chi connectivity index (χ0n) is 17.3. The molecule has 8 heteroatoms. The van der Waals surface area contributed by atoms with Crippen molar-refractivity contribution in [2.45, 2.75) is 26.8 Å². The van der Waals surface area contributed by atoms with E-state index in [4.69, 9.17) is 5.26 Å². The van der Waals surface area contributed by atoms with E-state index in [1.807, 2.05) is 13.8 Å². The van der Waals surface area contributed by atoms with Gasteiger partial charge in [0.2, 0.25) is 5.91 Å². The third kappa shape index (κ3) is 4.95. The van der Waals surface area contributed by atoms with E-state index in [-0.39, 0.29) is 41.8 Å². The maximum atomic E-state index is 12.7. The van der Waals surface area contributed by atoms with Gasteiger partial charge < -0.3 is 10.6 Å². The molecule has 0 aliphatic carbocycles. The molecule has 1 aliphatic heterocycles. The number of anilines is 1. The second kappa shape index (κ2) is 9.22. The van der Waals surface area contributed by atoms with Crippen molar-refractivity contribution in [3.8, 4) is 6.07 Å². The molecule has 0 radical (unpaired) electrons. The van der Waals surface area contributed by atoms with E-state index < -0.39 is 11.8 Å². The number of benzene rings is 2. The van der Waals surface area contributed by atoms with Gasteiger partial charge in [0.1, 0.15) is 6.42 Å². The van der Waals surface area contributed by atoms with Crippen molar-refractivity contribution in [3.63, 3.8) is 0 Å². The van der Waals surface area contributed by atoms with E-state index in [1.165, 1.54) is 23.1 Å².